The number of amides is 1. The van der Waals surface area contributed by atoms with Crippen molar-refractivity contribution in [1.29, 1.82) is 0 Å². The molecule has 2 heterocycles. The molecule has 0 radical (unpaired) electrons. The Balaban J connectivity index is 1.59. The molecule has 0 saturated carbocycles. The number of aromatic nitrogens is 1. The Kier molecular flexibility index (Phi) is 7.00. The number of nitrogens with zero attached hydrogens (tertiary/aromatic N) is 3. The first-order valence-corrected chi connectivity index (χ1v) is 9.11. The minimum Gasteiger partial charge on any atom is -0.345 e. The maximum absolute atomic E-state index is 12.2. The third-order valence-electron chi connectivity index (χ3n) is 4.07. The van der Waals surface area contributed by atoms with Gasteiger partial charge in [-0.1, -0.05) is 39.0 Å². The fraction of sp³-hybridized carbons (Fsp3) is 0.750. The molecule has 21 heavy (non-hydrogen) atoms. The molecule has 0 aliphatic carbocycles. The van der Waals surface area contributed by atoms with E-state index in [-0.39, 0.29) is 0 Å². The van der Waals surface area contributed by atoms with E-state index in [1.165, 1.54) is 32.1 Å². The molecular formula is C16H27N3OS. The van der Waals surface area contributed by atoms with Gasteiger partial charge in [-0.15, -0.1) is 11.3 Å². The van der Waals surface area contributed by atoms with E-state index < -0.39 is 0 Å². The van der Waals surface area contributed by atoms with Crippen molar-refractivity contribution >= 4 is 22.4 Å². The average molecular weight is 309 g/mol. The largest absolute Gasteiger partial charge is 0.345 e. The molecule has 4 nitrogen and oxygen atoms in total. The van der Waals surface area contributed by atoms with Gasteiger partial charge in [0.1, 0.15) is 0 Å². The molecule has 0 spiro atoms. The Hall–Kier alpha value is -1.10. The van der Waals surface area contributed by atoms with Gasteiger partial charge in [-0.2, -0.15) is 0 Å². The lowest BCUT2D eigenvalue weighted by atomic mass is 10.1. The second kappa shape index (κ2) is 9.03. The van der Waals surface area contributed by atoms with Gasteiger partial charge in [0.25, 0.3) is 0 Å². The van der Waals surface area contributed by atoms with Gasteiger partial charge >= 0.3 is 0 Å². The van der Waals surface area contributed by atoms with Crippen LogP contribution in [0, 0.1) is 0 Å². The van der Waals surface area contributed by atoms with Crippen LogP contribution in [0.2, 0.25) is 0 Å². The summed E-state index contributed by atoms with van der Waals surface area (Å²) in [6, 6.07) is 0. The van der Waals surface area contributed by atoms with E-state index >= 15 is 0 Å². The molecule has 2 rings (SSSR count). The molecule has 0 N–H and O–H groups in total. The molecule has 0 bridgehead atoms. The number of anilines is 1. The highest BCUT2D eigenvalue weighted by atomic mass is 32.1. The second-order valence-electron chi connectivity index (χ2n) is 5.70. The van der Waals surface area contributed by atoms with Gasteiger partial charge in [-0.25, -0.2) is 4.98 Å². The molecule has 0 aromatic carbocycles. The highest BCUT2D eigenvalue weighted by Gasteiger charge is 2.21. The van der Waals surface area contributed by atoms with Gasteiger partial charge in [-0.3, -0.25) is 4.79 Å². The molecule has 1 aliphatic rings. The molecular weight excluding hydrogens is 282 g/mol. The summed E-state index contributed by atoms with van der Waals surface area (Å²) in [5.41, 5.74) is 0. The van der Waals surface area contributed by atoms with Gasteiger partial charge in [0.15, 0.2) is 5.13 Å². The molecule has 1 amide bonds. The first kappa shape index (κ1) is 16.3. The van der Waals surface area contributed by atoms with Crippen molar-refractivity contribution in [3.63, 3.8) is 0 Å². The Bertz CT molecular complexity index is 400. The maximum Gasteiger partial charge on any atom is 0.222 e. The highest BCUT2D eigenvalue weighted by molar-refractivity contribution is 7.13. The fourth-order valence-electron chi connectivity index (χ4n) is 2.73. The van der Waals surface area contributed by atoms with Gasteiger partial charge in [-0.05, 0) is 6.42 Å². The number of piperazine rings is 1. The summed E-state index contributed by atoms with van der Waals surface area (Å²) in [6.45, 7) is 5.74. The number of hydrogen-bond donors (Lipinski definition) is 0. The van der Waals surface area contributed by atoms with Crippen molar-refractivity contribution in [2.24, 2.45) is 0 Å². The van der Waals surface area contributed by atoms with E-state index in [1.807, 2.05) is 16.5 Å². The van der Waals surface area contributed by atoms with Crippen molar-refractivity contribution in [2.75, 3.05) is 31.1 Å². The molecule has 118 valence electrons. The van der Waals surface area contributed by atoms with E-state index in [2.05, 4.69) is 16.8 Å². The first-order valence-electron chi connectivity index (χ1n) is 8.23. The van der Waals surface area contributed by atoms with Crippen LogP contribution in [0.25, 0.3) is 0 Å². The summed E-state index contributed by atoms with van der Waals surface area (Å²) < 4.78 is 0. The van der Waals surface area contributed by atoms with Crippen molar-refractivity contribution < 1.29 is 4.79 Å². The van der Waals surface area contributed by atoms with E-state index in [0.29, 0.717) is 5.91 Å². The Morgan fingerprint density at radius 3 is 2.52 bits per heavy atom. The van der Waals surface area contributed by atoms with Gasteiger partial charge in [0, 0.05) is 44.2 Å². The third-order valence-corrected chi connectivity index (χ3v) is 4.90. The SMILES string of the molecule is CCCCCCCCC(=O)N1CCN(c2nccs2)CC1. The Labute approximate surface area is 132 Å². The predicted octanol–water partition coefficient (Wildman–Crippen LogP) is 3.54. The fourth-order valence-corrected chi connectivity index (χ4v) is 3.43. The molecule has 1 aromatic heterocycles. The number of rotatable bonds is 8. The van der Waals surface area contributed by atoms with Crippen LogP contribution in [0.3, 0.4) is 0 Å². The van der Waals surface area contributed by atoms with Crippen LogP contribution in [0.1, 0.15) is 51.9 Å². The number of carbonyl (C=O) groups excluding carboxylic acids is 1. The molecule has 1 saturated heterocycles. The summed E-state index contributed by atoms with van der Waals surface area (Å²) in [4.78, 5) is 20.8. The average Bonchev–Trinajstić information content (AvgIpc) is 3.05. The molecule has 1 aliphatic heterocycles. The minimum absolute atomic E-state index is 0.337. The summed E-state index contributed by atoms with van der Waals surface area (Å²) in [6.07, 6.45) is 10.0. The van der Waals surface area contributed by atoms with Crippen molar-refractivity contribution in [1.82, 2.24) is 9.88 Å². The lowest BCUT2D eigenvalue weighted by molar-refractivity contribution is -0.131. The standard InChI is InChI=1S/C16H27N3OS/c1-2-3-4-5-6-7-8-15(20)18-10-12-19(13-11-18)16-17-9-14-21-16/h9,14H,2-8,10-13H2,1H3. The summed E-state index contributed by atoms with van der Waals surface area (Å²) in [7, 11) is 0. The van der Waals surface area contributed by atoms with Crippen molar-refractivity contribution in [2.45, 2.75) is 51.9 Å². The number of carbonyl (C=O) groups is 1. The Morgan fingerprint density at radius 1 is 1.14 bits per heavy atom. The van der Waals surface area contributed by atoms with Crippen LogP contribution in [0.4, 0.5) is 5.13 Å². The van der Waals surface area contributed by atoms with E-state index in [1.54, 1.807) is 11.3 Å². The molecule has 5 heteroatoms. The highest BCUT2D eigenvalue weighted by Crippen LogP contribution is 2.19. The van der Waals surface area contributed by atoms with Crippen molar-refractivity contribution in [3.05, 3.63) is 11.6 Å². The molecule has 1 fully saturated rings. The van der Waals surface area contributed by atoms with Crippen molar-refractivity contribution in [3.8, 4) is 0 Å². The predicted molar refractivity (Wildman–Crippen MR) is 88.9 cm³/mol. The third kappa shape index (κ3) is 5.30. The zero-order valence-electron chi connectivity index (χ0n) is 13.1. The monoisotopic (exact) mass is 309 g/mol. The number of unbranched alkanes of at least 4 members (excludes halogenated alkanes) is 5. The Morgan fingerprint density at radius 2 is 1.86 bits per heavy atom. The van der Waals surface area contributed by atoms with Crippen LogP contribution in [0.5, 0.6) is 0 Å². The van der Waals surface area contributed by atoms with Crippen LogP contribution in [-0.2, 0) is 4.79 Å². The van der Waals surface area contributed by atoms with Crippen LogP contribution in [-0.4, -0.2) is 42.0 Å². The van der Waals surface area contributed by atoms with E-state index in [0.717, 1.165) is 44.2 Å². The molecule has 1 aromatic rings. The smallest absolute Gasteiger partial charge is 0.222 e. The molecule has 0 unspecified atom stereocenters. The first-order chi connectivity index (χ1) is 10.3. The zero-order chi connectivity index (χ0) is 14.9. The van der Waals surface area contributed by atoms with Gasteiger partial charge in [0.05, 0.1) is 0 Å². The summed E-state index contributed by atoms with van der Waals surface area (Å²) in [5, 5.41) is 3.09. The normalized spacial score (nSPS) is 15.5. The maximum atomic E-state index is 12.2. The topological polar surface area (TPSA) is 36.4 Å². The van der Waals surface area contributed by atoms with Gasteiger partial charge < -0.3 is 9.80 Å². The number of thiazole rings is 1. The zero-order valence-corrected chi connectivity index (χ0v) is 13.9. The van der Waals surface area contributed by atoms with Crippen LogP contribution < -0.4 is 4.90 Å². The number of hydrogen-bond acceptors (Lipinski definition) is 4. The minimum atomic E-state index is 0.337. The van der Waals surface area contributed by atoms with Gasteiger partial charge in [0.2, 0.25) is 5.91 Å². The van der Waals surface area contributed by atoms with E-state index in [4.69, 9.17) is 0 Å². The quantitative estimate of drug-likeness (QED) is 0.689. The molecule has 0 atom stereocenters. The van der Waals surface area contributed by atoms with E-state index in [9.17, 15) is 4.79 Å². The van der Waals surface area contributed by atoms with Crippen LogP contribution >= 0.6 is 11.3 Å². The lowest BCUT2D eigenvalue weighted by Gasteiger charge is -2.34. The summed E-state index contributed by atoms with van der Waals surface area (Å²) >= 11 is 1.67. The second-order valence-corrected chi connectivity index (χ2v) is 6.57. The van der Waals surface area contributed by atoms with Crippen LogP contribution in [0.15, 0.2) is 11.6 Å². The lowest BCUT2D eigenvalue weighted by Crippen LogP contribution is -2.48. The summed E-state index contributed by atoms with van der Waals surface area (Å²) in [5.74, 6) is 0.337.